The normalized spacial score (nSPS) is 19.5. The highest BCUT2D eigenvalue weighted by Gasteiger charge is 2.16. The maximum absolute atomic E-state index is 5.63. The Bertz CT molecular complexity index is 509. The van der Waals surface area contributed by atoms with Crippen LogP contribution < -0.4 is 0 Å². The number of furan rings is 1. The summed E-state index contributed by atoms with van der Waals surface area (Å²) in [4.78, 5) is 4.38. The molecule has 2 aromatic rings. The van der Waals surface area contributed by atoms with Gasteiger partial charge in [0.1, 0.15) is 5.76 Å². The Hall–Kier alpha value is -1.55. The van der Waals surface area contributed by atoms with Crippen LogP contribution in [0, 0.1) is 12.8 Å². The molecule has 3 heterocycles. The lowest BCUT2D eigenvalue weighted by Gasteiger charge is -2.09. The summed E-state index contributed by atoms with van der Waals surface area (Å²) < 4.78 is 13.2. The molecule has 0 bridgehead atoms. The number of imidazole rings is 1. The van der Waals surface area contributed by atoms with Gasteiger partial charge in [-0.2, -0.15) is 0 Å². The van der Waals surface area contributed by atoms with Crippen LogP contribution in [0.25, 0.3) is 11.6 Å². The van der Waals surface area contributed by atoms with Crippen molar-refractivity contribution >= 4 is 0 Å². The Morgan fingerprint density at radius 2 is 2.39 bits per heavy atom. The van der Waals surface area contributed by atoms with Gasteiger partial charge in [-0.25, -0.2) is 4.98 Å². The molecular formula is C14H18N2O2. The van der Waals surface area contributed by atoms with Crippen molar-refractivity contribution in [1.29, 1.82) is 0 Å². The second-order valence-corrected chi connectivity index (χ2v) is 4.87. The number of aryl methyl sites for hydroxylation is 2. The number of hydrogen-bond donors (Lipinski definition) is 0. The van der Waals surface area contributed by atoms with Crippen molar-refractivity contribution in [2.45, 2.75) is 26.3 Å². The van der Waals surface area contributed by atoms with Gasteiger partial charge in [-0.3, -0.25) is 0 Å². The quantitative estimate of drug-likeness (QED) is 0.832. The topological polar surface area (TPSA) is 40.2 Å². The molecule has 0 N–H and O–H groups in total. The first-order valence-corrected chi connectivity index (χ1v) is 6.48. The highest BCUT2D eigenvalue weighted by atomic mass is 16.5. The average molecular weight is 246 g/mol. The summed E-state index contributed by atoms with van der Waals surface area (Å²) in [6.45, 7) is 4.75. The van der Waals surface area contributed by atoms with Crippen LogP contribution in [0.4, 0.5) is 0 Å². The van der Waals surface area contributed by atoms with E-state index in [-0.39, 0.29) is 0 Å². The monoisotopic (exact) mass is 246 g/mol. The van der Waals surface area contributed by atoms with E-state index in [0.717, 1.165) is 43.5 Å². The van der Waals surface area contributed by atoms with Crippen LogP contribution in [0.1, 0.15) is 18.6 Å². The molecule has 1 aliphatic rings. The molecule has 0 spiro atoms. The van der Waals surface area contributed by atoms with E-state index in [0.29, 0.717) is 5.92 Å². The van der Waals surface area contributed by atoms with Gasteiger partial charge < -0.3 is 13.7 Å². The molecule has 0 radical (unpaired) electrons. The SMILES string of the molecule is Cc1ccc(-c2nccn2CCC2CCOC2)o1. The zero-order valence-electron chi connectivity index (χ0n) is 10.6. The third-order valence-corrected chi connectivity index (χ3v) is 3.48. The van der Waals surface area contributed by atoms with Crippen LogP contribution >= 0.6 is 0 Å². The Kier molecular flexibility index (Phi) is 3.19. The minimum Gasteiger partial charge on any atom is -0.458 e. The first-order valence-electron chi connectivity index (χ1n) is 6.48. The van der Waals surface area contributed by atoms with Gasteiger partial charge in [0.15, 0.2) is 11.6 Å². The number of nitrogens with zero attached hydrogens (tertiary/aromatic N) is 2. The highest BCUT2D eigenvalue weighted by Crippen LogP contribution is 2.22. The summed E-state index contributed by atoms with van der Waals surface area (Å²) in [5.41, 5.74) is 0. The van der Waals surface area contributed by atoms with Crippen LogP contribution in [0.5, 0.6) is 0 Å². The van der Waals surface area contributed by atoms with Gasteiger partial charge in [-0.05, 0) is 37.8 Å². The van der Waals surface area contributed by atoms with Gasteiger partial charge in [0.2, 0.25) is 0 Å². The van der Waals surface area contributed by atoms with Gasteiger partial charge in [0.05, 0.1) is 0 Å². The Morgan fingerprint density at radius 3 is 3.11 bits per heavy atom. The van der Waals surface area contributed by atoms with Crippen molar-refractivity contribution in [1.82, 2.24) is 9.55 Å². The fraction of sp³-hybridized carbons (Fsp3) is 0.500. The Morgan fingerprint density at radius 1 is 1.44 bits per heavy atom. The van der Waals surface area contributed by atoms with Crippen LogP contribution in [0.15, 0.2) is 28.9 Å². The third kappa shape index (κ3) is 2.34. The van der Waals surface area contributed by atoms with E-state index >= 15 is 0 Å². The molecule has 0 aromatic carbocycles. The molecule has 18 heavy (non-hydrogen) atoms. The summed E-state index contributed by atoms with van der Waals surface area (Å²) in [5.74, 6) is 3.38. The summed E-state index contributed by atoms with van der Waals surface area (Å²) in [6, 6.07) is 3.95. The predicted molar refractivity (Wildman–Crippen MR) is 68.2 cm³/mol. The average Bonchev–Trinajstić information content (AvgIpc) is 3.07. The fourth-order valence-electron chi connectivity index (χ4n) is 2.40. The Labute approximate surface area is 107 Å². The lowest BCUT2D eigenvalue weighted by Crippen LogP contribution is -2.06. The zero-order valence-corrected chi connectivity index (χ0v) is 10.6. The molecule has 1 saturated heterocycles. The molecule has 1 fully saturated rings. The standard InChI is InChI=1S/C14H18N2O2/c1-11-2-3-13(18-11)14-15-6-8-16(14)7-4-12-5-9-17-10-12/h2-3,6,8,12H,4-5,7,9-10H2,1H3. The van der Waals surface area contributed by atoms with E-state index in [1.807, 2.05) is 31.5 Å². The summed E-state index contributed by atoms with van der Waals surface area (Å²) >= 11 is 0. The van der Waals surface area contributed by atoms with Gasteiger partial charge in [-0.1, -0.05) is 0 Å². The molecule has 3 rings (SSSR count). The van der Waals surface area contributed by atoms with Crippen molar-refractivity contribution in [3.63, 3.8) is 0 Å². The van der Waals surface area contributed by atoms with Crippen molar-refractivity contribution in [3.8, 4) is 11.6 Å². The van der Waals surface area contributed by atoms with Crippen LogP contribution in [-0.4, -0.2) is 22.8 Å². The summed E-state index contributed by atoms with van der Waals surface area (Å²) in [7, 11) is 0. The van der Waals surface area contributed by atoms with Crippen molar-refractivity contribution in [2.24, 2.45) is 5.92 Å². The van der Waals surface area contributed by atoms with Gasteiger partial charge >= 0.3 is 0 Å². The molecule has 2 aromatic heterocycles. The molecule has 1 aliphatic heterocycles. The first-order chi connectivity index (χ1) is 8.83. The van der Waals surface area contributed by atoms with E-state index in [9.17, 15) is 0 Å². The van der Waals surface area contributed by atoms with Gasteiger partial charge in [0.25, 0.3) is 0 Å². The van der Waals surface area contributed by atoms with Crippen LogP contribution in [-0.2, 0) is 11.3 Å². The van der Waals surface area contributed by atoms with Crippen molar-refractivity contribution in [3.05, 3.63) is 30.3 Å². The number of aromatic nitrogens is 2. The van der Waals surface area contributed by atoms with E-state index in [4.69, 9.17) is 9.15 Å². The second-order valence-electron chi connectivity index (χ2n) is 4.87. The zero-order chi connectivity index (χ0) is 12.4. The first kappa shape index (κ1) is 11.5. The summed E-state index contributed by atoms with van der Waals surface area (Å²) in [5, 5.41) is 0. The van der Waals surface area contributed by atoms with Crippen molar-refractivity contribution in [2.75, 3.05) is 13.2 Å². The molecule has 4 nitrogen and oxygen atoms in total. The highest BCUT2D eigenvalue weighted by molar-refractivity contribution is 5.47. The molecule has 4 heteroatoms. The maximum atomic E-state index is 5.63. The Balaban J connectivity index is 1.71. The molecule has 96 valence electrons. The fourth-order valence-corrected chi connectivity index (χ4v) is 2.40. The minimum absolute atomic E-state index is 0.693. The van der Waals surface area contributed by atoms with E-state index in [1.54, 1.807) is 0 Å². The minimum atomic E-state index is 0.693. The smallest absolute Gasteiger partial charge is 0.176 e. The van der Waals surface area contributed by atoms with Crippen LogP contribution in [0.2, 0.25) is 0 Å². The van der Waals surface area contributed by atoms with E-state index < -0.39 is 0 Å². The third-order valence-electron chi connectivity index (χ3n) is 3.48. The van der Waals surface area contributed by atoms with Gasteiger partial charge in [0, 0.05) is 32.2 Å². The van der Waals surface area contributed by atoms with Gasteiger partial charge in [-0.15, -0.1) is 0 Å². The van der Waals surface area contributed by atoms with E-state index in [2.05, 4.69) is 9.55 Å². The molecule has 0 saturated carbocycles. The number of hydrogen-bond acceptors (Lipinski definition) is 3. The van der Waals surface area contributed by atoms with E-state index in [1.165, 1.54) is 6.42 Å². The molecule has 0 amide bonds. The number of ether oxygens (including phenoxy) is 1. The molecular weight excluding hydrogens is 228 g/mol. The molecule has 1 atom stereocenters. The second kappa shape index (κ2) is 4.98. The number of rotatable bonds is 4. The van der Waals surface area contributed by atoms with Crippen molar-refractivity contribution < 1.29 is 9.15 Å². The summed E-state index contributed by atoms with van der Waals surface area (Å²) in [6.07, 6.45) is 6.17. The largest absolute Gasteiger partial charge is 0.458 e. The predicted octanol–water partition coefficient (Wildman–Crippen LogP) is 2.88. The lowest BCUT2D eigenvalue weighted by molar-refractivity contribution is 0.183. The maximum Gasteiger partial charge on any atom is 0.176 e. The molecule has 0 aliphatic carbocycles. The lowest BCUT2D eigenvalue weighted by atomic mass is 10.1. The van der Waals surface area contributed by atoms with Crippen LogP contribution in [0.3, 0.4) is 0 Å². The molecule has 1 unspecified atom stereocenters.